The third kappa shape index (κ3) is 4.00. The SMILES string of the molecule is CNC(C)C(=O)NC(C(=O)N1CCC2NCC(c3c[nH]c4cc(F)ccc34)C21)C(C)OC. The number of aromatic amines is 1. The number of likely N-dealkylation sites (tertiary alicyclic amines) is 1. The third-order valence-corrected chi connectivity index (χ3v) is 7.06. The van der Waals surface area contributed by atoms with E-state index in [-0.39, 0.29) is 35.6 Å². The summed E-state index contributed by atoms with van der Waals surface area (Å²) in [5, 5.41) is 10.3. The van der Waals surface area contributed by atoms with Gasteiger partial charge in [0.1, 0.15) is 11.9 Å². The van der Waals surface area contributed by atoms with Gasteiger partial charge < -0.3 is 30.6 Å². The zero-order valence-corrected chi connectivity index (χ0v) is 18.9. The topological polar surface area (TPSA) is 98.5 Å². The minimum atomic E-state index is -0.777. The van der Waals surface area contributed by atoms with Crippen LogP contribution in [-0.4, -0.2) is 79.2 Å². The zero-order chi connectivity index (χ0) is 23.0. The Morgan fingerprint density at radius 1 is 1.31 bits per heavy atom. The highest BCUT2D eigenvalue weighted by Gasteiger charge is 2.49. The van der Waals surface area contributed by atoms with Gasteiger partial charge in [-0.3, -0.25) is 9.59 Å². The van der Waals surface area contributed by atoms with Crippen molar-refractivity contribution in [3.8, 4) is 0 Å². The molecule has 6 unspecified atom stereocenters. The number of amides is 2. The van der Waals surface area contributed by atoms with Crippen LogP contribution in [0.2, 0.25) is 0 Å². The summed E-state index contributed by atoms with van der Waals surface area (Å²) in [5.41, 5.74) is 1.82. The summed E-state index contributed by atoms with van der Waals surface area (Å²) < 4.78 is 19.1. The molecule has 0 radical (unpaired) electrons. The highest BCUT2D eigenvalue weighted by Crippen LogP contribution is 2.39. The number of hydrogen-bond acceptors (Lipinski definition) is 5. The van der Waals surface area contributed by atoms with E-state index in [2.05, 4.69) is 20.9 Å². The smallest absolute Gasteiger partial charge is 0.248 e. The highest BCUT2D eigenvalue weighted by molar-refractivity contribution is 5.91. The lowest BCUT2D eigenvalue weighted by molar-refractivity contribution is -0.141. The van der Waals surface area contributed by atoms with Crippen molar-refractivity contribution in [1.29, 1.82) is 0 Å². The van der Waals surface area contributed by atoms with Crippen molar-refractivity contribution in [2.24, 2.45) is 0 Å². The van der Waals surface area contributed by atoms with E-state index < -0.39 is 18.2 Å². The van der Waals surface area contributed by atoms with Crippen LogP contribution < -0.4 is 16.0 Å². The first-order valence-electron chi connectivity index (χ1n) is 11.2. The van der Waals surface area contributed by atoms with E-state index in [9.17, 15) is 14.0 Å². The van der Waals surface area contributed by atoms with Crippen molar-refractivity contribution in [2.45, 2.75) is 56.5 Å². The second kappa shape index (κ2) is 9.17. The van der Waals surface area contributed by atoms with E-state index in [4.69, 9.17) is 4.74 Å². The standard InChI is InChI=1S/C23H32FN5O3/c1-12(25-3)22(30)28-20(13(2)32-4)23(31)29-8-7-18-21(29)17(11-26-18)16-10-27-19-9-14(24)5-6-15(16)19/h5-6,9-10,12-13,17-18,20-21,25-27H,7-8,11H2,1-4H3,(H,28,30). The maximum Gasteiger partial charge on any atom is 0.248 e. The number of methoxy groups -OCH3 is 1. The molecule has 1 aromatic carbocycles. The molecule has 2 aromatic rings. The Morgan fingerprint density at radius 3 is 2.81 bits per heavy atom. The molecular formula is C23H32FN5O3. The Hall–Kier alpha value is -2.49. The quantitative estimate of drug-likeness (QED) is 0.512. The Bertz CT molecular complexity index is 995. The molecule has 174 valence electrons. The van der Waals surface area contributed by atoms with E-state index >= 15 is 0 Å². The van der Waals surface area contributed by atoms with Gasteiger partial charge in [0.25, 0.3) is 0 Å². The van der Waals surface area contributed by atoms with E-state index in [1.165, 1.54) is 19.2 Å². The van der Waals surface area contributed by atoms with Gasteiger partial charge in [-0.1, -0.05) is 0 Å². The molecule has 8 nitrogen and oxygen atoms in total. The van der Waals surface area contributed by atoms with Gasteiger partial charge in [0, 0.05) is 49.3 Å². The first-order chi connectivity index (χ1) is 15.3. The molecule has 2 aliphatic heterocycles. The molecule has 0 spiro atoms. The maximum atomic E-state index is 13.7. The molecule has 1 aromatic heterocycles. The number of aromatic nitrogens is 1. The average molecular weight is 446 g/mol. The van der Waals surface area contributed by atoms with Gasteiger partial charge in [0.2, 0.25) is 11.8 Å². The van der Waals surface area contributed by atoms with E-state index in [0.29, 0.717) is 6.54 Å². The minimum Gasteiger partial charge on any atom is -0.379 e. The monoisotopic (exact) mass is 445 g/mol. The number of rotatable bonds is 7. The largest absolute Gasteiger partial charge is 0.379 e. The van der Waals surface area contributed by atoms with Crippen LogP contribution in [0.15, 0.2) is 24.4 Å². The summed E-state index contributed by atoms with van der Waals surface area (Å²) in [4.78, 5) is 31.3. The lowest BCUT2D eigenvalue weighted by Gasteiger charge is -2.34. The molecule has 4 N–H and O–H groups in total. The zero-order valence-electron chi connectivity index (χ0n) is 18.9. The molecule has 9 heteroatoms. The summed E-state index contributed by atoms with van der Waals surface area (Å²) in [7, 11) is 3.24. The lowest BCUT2D eigenvalue weighted by Crippen LogP contribution is -2.58. The van der Waals surface area contributed by atoms with Crippen LogP contribution in [0.3, 0.4) is 0 Å². The summed E-state index contributed by atoms with van der Waals surface area (Å²) >= 11 is 0. The fraction of sp³-hybridized carbons (Fsp3) is 0.565. The van der Waals surface area contributed by atoms with Crippen molar-refractivity contribution >= 4 is 22.7 Å². The van der Waals surface area contributed by atoms with Gasteiger partial charge in [0.05, 0.1) is 18.2 Å². The number of H-pyrrole nitrogens is 1. The predicted molar refractivity (Wildman–Crippen MR) is 120 cm³/mol. The van der Waals surface area contributed by atoms with Crippen molar-refractivity contribution < 1.29 is 18.7 Å². The van der Waals surface area contributed by atoms with Crippen LogP contribution >= 0.6 is 0 Å². The number of ether oxygens (including phenoxy) is 1. The summed E-state index contributed by atoms with van der Waals surface area (Å²) in [6, 6.07) is 3.68. The van der Waals surface area contributed by atoms with Gasteiger partial charge in [-0.2, -0.15) is 0 Å². The molecule has 2 amide bonds. The van der Waals surface area contributed by atoms with Crippen LogP contribution in [0, 0.1) is 5.82 Å². The van der Waals surface area contributed by atoms with Crippen LogP contribution in [0.4, 0.5) is 4.39 Å². The molecule has 32 heavy (non-hydrogen) atoms. The summed E-state index contributed by atoms with van der Waals surface area (Å²) in [5.74, 6) is -0.599. The van der Waals surface area contributed by atoms with Crippen LogP contribution in [0.25, 0.3) is 10.9 Å². The highest BCUT2D eigenvalue weighted by atomic mass is 19.1. The van der Waals surface area contributed by atoms with Crippen LogP contribution in [-0.2, 0) is 14.3 Å². The molecule has 2 fully saturated rings. The van der Waals surface area contributed by atoms with Gasteiger partial charge in [-0.15, -0.1) is 0 Å². The van der Waals surface area contributed by atoms with Gasteiger partial charge in [-0.25, -0.2) is 4.39 Å². The maximum absolute atomic E-state index is 13.7. The molecule has 6 atom stereocenters. The number of carbonyl (C=O) groups excluding carboxylic acids is 2. The van der Waals surface area contributed by atoms with E-state index in [1.54, 1.807) is 27.0 Å². The molecular weight excluding hydrogens is 413 g/mol. The molecule has 0 aliphatic carbocycles. The first-order valence-corrected chi connectivity index (χ1v) is 11.2. The Morgan fingerprint density at radius 2 is 2.09 bits per heavy atom. The van der Waals surface area contributed by atoms with E-state index in [0.717, 1.165) is 29.4 Å². The molecule has 0 bridgehead atoms. The molecule has 2 saturated heterocycles. The molecule has 3 heterocycles. The summed E-state index contributed by atoms with van der Waals surface area (Å²) in [6.07, 6.45) is 2.29. The van der Waals surface area contributed by atoms with Crippen LogP contribution in [0.1, 0.15) is 31.7 Å². The molecule has 4 rings (SSSR count). The van der Waals surface area contributed by atoms with Gasteiger partial charge in [-0.05, 0) is 51.1 Å². The minimum absolute atomic E-state index is 0.0447. The molecule has 0 saturated carbocycles. The van der Waals surface area contributed by atoms with Gasteiger partial charge >= 0.3 is 0 Å². The van der Waals surface area contributed by atoms with Crippen molar-refractivity contribution in [2.75, 3.05) is 27.2 Å². The number of fused-ring (bicyclic) bond motifs is 2. The number of nitrogens with zero attached hydrogens (tertiary/aromatic N) is 1. The number of halogens is 1. The van der Waals surface area contributed by atoms with Crippen LogP contribution in [0.5, 0.6) is 0 Å². The predicted octanol–water partition coefficient (Wildman–Crippen LogP) is 1.09. The van der Waals surface area contributed by atoms with Crippen molar-refractivity contribution in [3.05, 3.63) is 35.8 Å². The Labute approximate surface area is 187 Å². The fourth-order valence-corrected chi connectivity index (χ4v) is 5.02. The fourth-order valence-electron chi connectivity index (χ4n) is 5.02. The van der Waals surface area contributed by atoms with E-state index in [1.807, 2.05) is 11.1 Å². The Balaban J connectivity index is 1.61. The van der Waals surface area contributed by atoms with Crippen molar-refractivity contribution in [3.63, 3.8) is 0 Å². The average Bonchev–Trinajstić information content (AvgIpc) is 3.50. The number of carbonyl (C=O) groups is 2. The van der Waals surface area contributed by atoms with Crippen molar-refractivity contribution in [1.82, 2.24) is 25.8 Å². The number of benzene rings is 1. The second-order valence-electron chi connectivity index (χ2n) is 8.80. The number of likely N-dealkylation sites (N-methyl/N-ethyl adjacent to an activating group) is 1. The lowest BCUT2D eigenvalue weighted by atomic mass is 9.91. The Kier molecular flexibility index (Phi) is 6.50. The molecule has 2 aliphatic rings. The third-order valence-electron chi connectivity index (χ3n) is 7.06. The first kappa shape index (κ1) is 22.7. The van der Waals surface area contributed by atoms with Gasteiger partial charge in [0.15, 0.2) is 0 Å². The summed E-state index contributed by atoms with van der Waals surface area (Å²) in [6.45, 7) is 4.88. The number of hydrogen-bond donors (Lipinski definition) is 4. The number of nitrogens with one attached hydrogen (secondary N) is 4. The second-order valence-corrected chi connectivity index (χ2v) is 8.80. The normalized spacial score (nSPS) is 25.5.